The number of hydrogen-bond donors (Lipinski definition) is 1. The first kappa shape index (κ1) is 23.2. The van der Waals surface area contributed by atoms with Crippen molar-refractivity contribution in [1.82, 2.24) is 0 Å². The minimum Gasteiger partial charge on any atom is -0.456 e. The van der Waals surface area contributed by atoms with Gasteiger partial charge in [0.05, 0.1) is 5.56 Å². The molecule has 0 radical (unpaired) electrons. The molecule has 0 fully saturated rings. The van der Waals surface area contributed by atoms with Crippen LogP contribution in [0.4, 0.5) is 11.4 Å². The number of anilines is 2. The number of esters is 1. The maximum atomic E-state index is 13.9. The third-order valence-corrected chi connectivity index (χ3v) is 7.41. The van der Waals surface area contributed by atoms with Crippen LogP contribution in [-0.4, -0.2) is 19.1 Å². The molecule has 2 aliphatic rings. The largest absolute Gasteiger partial charge is 0.456 e. The molecule has 0 unspecified atom stereocenters. The zero-order chi connectivity index (χ0) is 25.6. The summed E-state index contributed by atoms with van der Waals surface area (Å²) in [6.07, 6.45) is 0. The van der Waals surface area contributed by atoms with Gasteiger partial charge in [-0.15, -0.1) is 0 Å². The molecule has 5 heteroatoms. The fraction of sp³-hybridized carbons (Fsp3) is 0.219. The van der Waals surface area contributed by atoms with Gasteiger partial charge < -0.3 is 19.7 Å². The van der Waals surface area contributed by atoms with Crippen molar-refractivity contribution < 1.29 is 14.3 Å². The van der Waals surface area contributed by atoms with E-state index < -0.39 is 5.60 Å². The van der Waals surface area contributed by atoms with Crippen molar-refractivity contribution in [1.29, 1.82) is 0 Å². The highest BCUT2D eigenvalue weighted by molar-refractivity contribution is 6.04. The van der Waals surface area contributed by atoms with E-state index in [4.69, 9.17) is 9.47 Å². The maximum Gasteiger partial charge on any atom is 0.342 e. The Morgan fingerprint density at radius 3 is 2.16 bits per heavy atom. The van der Waals surface area contributed by atoms with Gasteiger partial charge in [0.25, 0.3) is 0 Å². The molecule has 2 heterocycles. The lowest BCUT2D eigenvalue weighted by Gasteiger charge is -2.38. The fourth-order valence-corrected chi connectivity index (χ4v) is 5.73. The van der Waals surface area contributed by atoms with Crippen LogP contribution in [0.15, 0.2) is 84.9 Å². The van der Waals surface area contributed by atoms with Crippen LogP contribution in [0.5, 0.6) is 11.5 Å². The predicted octanol–water partition coefficient (Wildman–Crippen LogP) is 7.02. The lowest BCUT2D eigenvalue weighted by atomic mass is 9.76. The Morgan fingerprint density at radius 2 is 1.51 bits per heavy atom. The van der Waals surface area contributed by atoms with Crippen molar-refractivity contribution in [3.63, 3.8) is 0 Å². The highest BCUT2D eigenvalue weighted by atomic mass is 16.6. The van der Waals surface area contributed by atoms with Gasteiger partial charge in [-0.3, -0.25) is 0 Å². The summed E-state index contributed by atoms with van der Waals surface area (Å²) >= 11 is 0. The van der Waals surface area contributed by atoms with Crippen molar-refractivity contribution in [2.75, 3.05) is 23.3 Å². The van der Waals surface area contributed by atoms with Crippen molar-refractivity contribution in [2.45, 2.75) is 32.9 Å². The number of carbonyl (C=O) groups excluding carboxylic acids is 1. The summed E-state index contributed by atoms with van der Waals surface area (Å²) < 4.78 is 12.8. The van der Waals surface area contributed by atoms with Gasteiger partial charge in [-0.1, -0.05) is 66.2 Å². The predicted molar refractivity (Wildman–Crippen MR) is 147 cm³/mol. The lowest BCUT2D eigenvalue weighted by molar-refractivity contribution is 0.0226. The summed E-state index contributed by atoms with van der Waals surface area (Å²) in [4.78, 5) is 16.2. The van der Waals surface area contributed by atoms with E-state index in [0.717, 1.165) is 46.7 Å². The average molecular weight is 491 g/mol. The average Bonchev–Trinajstić information content (AvgIpc) is 3.23. The molecule has 0 amide bonds. The van der Waals surface area contributed by atoms with Gasteiger partial charge in [0.15, 0.2) is 5.60 Å². The van der Waals surface area contributed by atoms with Crippen LogP contribution in [0.1, 0.15) is 52.0 Å². The van der Waals surface area contributed by atoms with E-state index in [9.17, 15) is 4.79 Å². The number of nitrogens with zero attached hydrogens (tertiary/aromatic N) is 1. The van der Waals surface area contributed by atoms with Gasteiger partial charge in [0, 0.05) is 47.7 Å². The minimum absolute atomic E-state index is 0.331. The molecule has 0 saturated carbocycles. The normalized spacial score (nSPS) is 14.3. The molecule has 0 saturated heterocycles. The van der Waals surface area contributed by atoms with E-state index >= 15 is 0 Å². The summed E-state index contributed by atoms with van der Waals surface area (Å²) in [6.45, 7) is 8.58. The second-order valence-electron chi connectivity index (χ2n) is 9.56. The van der Waals surface area contributed by atoms with Crippen LogP contribution in [0.3, 0.4) is 0 Å². The van der Waals surface area contributed by atoms with Gasteiger partial charge in [0.2, 0.25) is 0 Å². The molecular weight excluding hydrogens is 460 g/mol. The van der Waals surface area contributed by atoms with E-state index in [1.54, 1.807) is 0 Å². The van der Waals surface area contributed by atoms with Crippen molar-refractivity contribution in [3.05, 3.63) is 118 Å². The van der Waals surface area contributed by atoms with E-state index in [0.29, 0.717) is 23.6 Å². The summed E-state index contributed by atoms with van der Waals surface area (Å²) in [6, 6.07) is 28.3. The zero-order valence-electron chi connectivity index (χ0n) is 21.4. The van der Waals surface area contributed by atoms with Gasteiger partial charge in [-0.25, -0.2) is 4.79 Å². The third kappa shape index (κ3) is 3.57. The van der Waals surface area contributed by atoms with Crippen LogP contribution in [-0.2, 0) is 16.9 Å². The second kappa shape index (κ2) is 9.00. The topological polar surface area (TPSA) is 50.8 Å². The second-order valence-corrected chi connectivity index (χ2v) is 9.56. The Kier molecular flexibility index (Phi) is 5.64. The summed E-state index contributed by atoms with van der Waals surface area (Å²) in [7, 11) is 0. The van der Waals surface area contributed by atoms with E-state index in [1.807, 2.05) is 54.6 Å². The van der Waals surface area contributed by atoms with E-state index in [2.05, 4.69) is 61.3 Å². The molecule has 1 N–H and O–H groups in total. The van der Waals surface area contributed by atoms with Crippen molar-refractivity contribution in [3.8, 4) is 11.5 Å². The van der Waals surface area contributed by atoms with E-state index in [-0.39, 0.29) is 5.97 Å². The SMILES string of the molecule is CCN(CC)c1ccc(NCc2cccc(C)c2)c2c1C1(OC2=O)c2ccccc2Oc2ccccc21. The molecule has 4 aromatic carbocycles. The van der Waals surface area contributed by atoms with Gasteiger partial charge in [-0.2, -0.15) is 0 Å². The third-order valence-electron chi connectivity index (χ3n) is 7.41. The highest BCUT2D eigenvalue weighted by Crippen LogP contribution is 2.59. The number of rotatable bonds is 6. The maximum absolute atomic E-state index is 13.9. The molecule has 0 bridgehead atoms. The number of aryl methyl sites for hydroxylation is 1. The van der Waals surface area contributed by atoms with Crippen molar-refractivity contribution >= 4 is 17.3 Å². The van der Waals surface area contributed by atoms with Gasteiger partial charge in [-0.05, 0) is 50.6 Å². The highest BCUT2D eigenvalue weighted by Gasteiger charge is 2.55. The number of para-hydroxylation sites is 2. The summed E-state index contributed by atoms with van der Waals surface area (Å²) in [5.74, 6) is 1.07. The monoisotopic (exact) mass is 490 g/mol. The van der Waals surface area contributed by atoms with Gasteiger partial charge >= 0.3 is 5.97 Å². The molecule has 186 valence electrons. The first-order valence-corrected chi connectivity index (χ1v) is 12.9. The molecule has 5 nitrogen and oxygen atoms in total. The first-order chi connectivity index (χ1) is 18.1. The number of benzene rings is 4. The van der Waals surface area contributed by atoms with Crippen LogP contribution in [0.2, 0.25) is 0 Å². The molecule has 1 spiro atoms. The quantitative estimate of drug-likeness (QED) is 0.294. The van der Waals surface area contributed by atoms with Gasteiger partial charge in [0.1, 0.15) is 11.5 Å². The van der Waals surface area contributed by atoms with Crippen LogP contribution >= 0.6 is 0 Å². The minimum atomic E-state index is -1.10. The Hall–Kier alpha value is -4.25. The van der Waals surface area contributed by atoms with Crippen LogP contribution in [0, 0.1) is 6.92 Å². The zero-order valence-corrected chi connectivity index (χ0v) is 21.4. The molecule has 37 heavy (non-hydrogen) atoms. The molecular formula is C32H30N2O3. The summed E-state index contributed by atoms with van der Waals surface area (Å²) in [5.41, 5.74) is 6.17. The van der Waals surface area contributed by atoms with Crippen molar-refractivity contribution in [2.24, 2.45) is 0 Å². The lowest BCUT2D eigenvalue weighted by Crippen LogP contribution is -2.35. The Labute approximate surface area is 217 Å². The standard InChI is InChI=1S/C32H30N2O3/c1-4-34(5-2)26-18-17-25(33-20-22-12-10-11-21(3)19-22)29-30(26)32(37-31(29)35)23-13-6-8-15-27(23)36-28-16-9-7-14-24(28)32/h6-19,33H,4-5,20H2,1-3H3. The molecule has 0 aliphatic carbocycles. The number of nitrogens with one attached hydrogen (secondary N) is 1. The van der Waals surface area contributed by atoms with E-state index in [1.165, 1.54) is 5.56 Å². The number of hydrogen-bond acceptors (Lipinski definition) is 5. The molecule has 0 atom stereocenters. The van der Waals surface area contributed by atoms with Crippen LogP contribution in [0.25, 0.3) is 0 Å². The smallest absolute Gasteiger partial charge is 0.342 e. The van der Waals surface area contributed by atoms with Crippen LogP contribution < -0.4 is 15.0 Å². The first-order valence-electron chi connectivity index (χ1n) is 12.9. The fourth-order valence-electron chi connectivity index (χ4n) is 5.73. The summed E-state index contributed by atoms with van der Waals surface area (Å²) in [5, 5.41) is 3.54. The Morgan fingerprint density at radius 1 is 0.838 bits per heavy atom. The molecule has 6 rings (SSSR count). The Balaban J connectivity index is 1.60. The molecule has 2 aliphatic heterocycles. The molecule has 0 aromatic heterocycles. The number of fused-ring (bicyclic) bond motifs is 6. The Bertz CT molecular complexity index is 1460. The molecule has 4 aromatic rings. The number of ether oxygens (including phenoxy) is 2. The number of carbonyl (C=O) groups is 1.